The van der Waals surface area contributed by atoms with Crippen LogP contribution >= 0.6 is 0 Å². The summed E-state index contributed by atoms with van der Waals surface area (Å²) in [6, 6.07) is 19.1. The molecule has 0 aliphatic heterocycles. The number of alkyl halides is 6. The zero-order chi connectivity index (χ0) is 29.5. The Kier molecular flexibility index (Phi) is 9.73. The van der Waals surface area contributed by atoms with E-state index in [-0.39, 0.29) is 11.9 Å². The molecule has 212 valence electrons. The molecule has 21 heteroatoms. The highest BCUT2D eigenvalue weighted by Crippen LogP contribution is 2.21. The molecule has 4 aromatic rings. The maximum Gasteiger partial charge on any atom is 0.485 e. The molecule has 0 aliphatic carbocycles. The first-order valence-electron chi connectivity index (χ1n) is 9.49. The van der Waals surface area contributed by atoms with Crippen molar-refractivity contribution in [2.24, 2.45) is 0 Å². The van der Waals surface area contributed by atoms with Gasteiger partial charge in [-0.3, -0.25) is 9.05 Å². The van der Waals surface area contributed by atoms with Crippen LogP contribution in [0.25, 0.3) is 11.4 Å². The highest BCUT2D eigenvalue weighted by atomic mass is 32.2. The van der Waals surface area contributed by atoms with Crippen LogP contribution in [0.1, 0.15) is 0 Å². The van der Waals surface area contributed by atoms with Gasteiger partial charge in [-0.15, -0.1) is 0 Å². The van der Waals surface area contributed by atoms with E-state index < -0.39 is 31.3 Å². The Morgan fingerprint density at radius 3 is 1.18 bits per heavy atom. The van der Waals surface area contributed by atoms with Crippen LogP contribution in [-0.2, 0) is 20.2 Å². The summed E-state index contributed by atoms with van der Waals surface area (Å²) in [5.74, 6) is 0.399. The quantitative estimate of drug-likeness (QED) is 0.143. The second-order valence-corrected chi connectivity index (χ2v) is 9.25. The summed E-state index contributed by atoms with van der Waals surface area (Å²) in [6.07, 6.45) is 3.23. The van der Waals surface area contributed by atoms with E-state index >= 15 is 0 Å². The van der Waals surface area contributed by atoms with Gasteiger partial charge >= 0.3 is 22.9 Å². The summed E-state index contributed by atoms with van der Waals surface area (Å²) in [6.45, 7) is 0. The predicted molar refractivity (Wildman–Crippen MR) is 108 cm³/mol. The molecule has 0 bridgehead atoms. The molecule has 0 amide bonds. The first kappa shape index (κ1) is 31.1. The predicted octanol–water partition coefficient (Wildman–Crippen LogP) is 2.11. The van der Waals surface area contributed by atoms with Crippen LogP contribution in [0.5, 0.6) is 11.9 Å². The molecule has 2 heterocycles. The summed E-state index contributed by atoms with van der Waals surface area (Å²) < 4.78 is 137. The van der Waals surface area contributed by atoms with Crippen LogP contribution in [0.3, 0.4) is 0 Å². The lowest BCUT2D eigenvalue weighted by molar-refractivity contribution is -0.670. The minimum absolute atomic E-state index is 0.199. The third-order valence-electron chi connectivity index (χ3n) is 3.70. The fraction of sp³-hybridized carbons (Fsp3) is 0.111. The molecule has 4 rings (SSSR count). The fourth-order valence-corrected chi connectivity index (χ4v) is 2.06. The molecule has 0 saturated carbocycles. The van der Waals surface area contributed by atoms with Crippen LogP contribution in [0.15, 0.2) is 82.1 Å². The van der Waals surface area contributed by atoms with Gasteiger partial charge in [0.25, 0.3) is 12.4 Å². The fourth-order valence-electron chi connectivity index (χ4n) is 2.06. The number of ether oxygens (including phenoxy) is 1. The number of rotatable bonds is 4. The van der Waals surface area contributed by atoms with Gasteiger partial charge in [0.05, 0.1) is 0 Å². The molecule has 0 unspecified atom stereocenters. The molecule has 0 atom stereocenters. The molecular formula is C18H12F6N4O9S2. The molecule has 0 N–H and O–H groups in total. The minimum atomic E-state index is -6.09. The standard InChI is InChI=1S/C16H12N4O3.2CHF3O3S/c1-3-7-13(8-4-1)19-11-15(22-17-19)21-16-12-20(18-23-16)14-9-5-2-6-10-14;2*2-1(3,4)8(5,6)7/h1-12H;2*(H,5,6,7)/q+2;;/p-2. The van der Waals surface area contributed by atoms with Crippen molar-refractivity contribution in [2.75, 3.05) is 0 Å². The average Bonchev–Trinajstić information content (AvgIpc) is 3.49. The Morgan fingerprint density at radius 2 is 0.923 bits per heavy atom. The Morgan fingerprint density at radius 1 is 0.641 bits per heavy atom. The van der Waals surface area contributed by atoms with E-state index in [9.17, 15) is 26.3 Å². The van der Waals surface area contributed by atoms with E-state index in [4.69, 9.17) is 39.7 Å². The number of nitrogens with zero attached hydrogens (tertiary/aromatic N) is 4. The van der Waals surface area contributed by atoms with Gasteiger partial charge in [-0.1, -0.05) is 36.4 Å². The smallest absolute Gasteiger partial charge is 0.485 e. The van der Waals surface area contributed by atoms with Crippen LogP contribution < -0.4 is 14.1 Å². The van der Waals surface area contributed by atoms with Gasteiger partial charge < -0.3 is 13.8 Å². The molecule has 39 heavy (non-hydrogen) atoms. The van der Waals surface area contributed by atoms with Gasteiger partial charge in [0, 0.05) is 24.3 Å². The summed E-state index contributed by atoms with van der Waals surface area (Å²) in [5, 5.41) is 7.79. The first-order valence-corrected chi connectivity index (χ1v) is 12.3. The number of halogens is 6. The van der Waals surface area contributed by atoms with Crippen LogP contribution in [0.2, 0.25) is 0 Å². The molecule has 2 aromatic heterocycles. The average molecular weight is 606 g/mol. The van der Waals surface area contributed by atoms with Gasteiger partial charge in [-0.25, -0.2) is 16.8 Å². The number of benzene rings is 2. The second kappa shape index (κ2) is 12.2. The SMILES string of the molecule is O=S(=O)([O-])C(F)(F)F.O=S(=O)([O-])C(F)(F)F.c1ccc(-[n+]2cc(Oc3c[n+](-c4ccccc4)no3)on2)cc1. The lowest BCUT2D eigenvalue weighted by atomic mass is 10.3. The van der Waals surface area contributed by atoms with Crippen molar-refractivity contribution in [2.45, 2.75) is 11.0 Å². The Labute approximate surface area is 213 Å². The van der Waals surface area contributed by atoms with E-state index in [1.807, 2.05) is 60.7 Å². The van der Waals surface area contributed by atoms with E-state index in [0.29, 0.717) is 0 Å². The number of para-hydroxylation sites is 2. The number of aromatic nitrogens is 4. The van der Waals surface area contributed by atoms with Crippen LogP contribution in [0, 0.1) is 0 Å². The van der Waals surface area contributed by atoms with Crippen molar-refractivity contribution in [3.63, 3.8) is 0 Å². The highest BCUT2D eigenvalue weighted by molar-refractivity contribution is 7.86. The molecule has 0 fully saturated rings. The molecule has 2 aromatic carbocycles. The summed E-state index contributed by atoms with van der Waals surface area (Å²) in [7, 11) is -12.2. The maximum atomic E-state index is 10.7. The van der Waals surface area contributed by atoms with E-state index in [1.165, 1.54) is 0 Å². The van der Waals surface area contributed by atoms with Crippen molar-refractivity contribution < 1.29 is 75.4 Å². The summed E-state index contributed by atoms with van der Waals surface area (Å²) in [4.78, 5) is 0. The van der Waals surface area contributed by atoms with Gasteiger partial charge in [0.1, 0.15) is 0 Å². The maximum absolute atomic E-state index is 10.7. The monoisotopic (exact) mass is 606 g/mol. The van der Waals surface area contributed by atoms with Crippen molar-refractivity contribution in [1.82, 2.24) is 10.5 Å². The largest absolute Gasteiger partial charge is 0.741 e. The first-order chi connectivity index (χ1) is 17.9. The van der Waals surface area contributed by atoms with Crippen LogP contribution in [0.4, 0.5) is 26.3 Å². The zero-order valence-corrected chi connectivity index (χ0v) is 20.1. The van der Waals surface area contributed by atoms with Gasteiger partial charge in [-0.05, 0) is 9.36 Å². The third kappa shape index (κ3) is 9.63. The Hall–Kier alpha value is -4.08. The van der Waals surface area contributed by atoms with Crippen LogP contribution in [-0.4, -0.2) is 47.5 Å². The van der Waals surface area contributed by atoms with E-state index in [2.05, 4.69) is 10.5 Å². The molecule has 0 aliphatic rings. The lowest BCUT2D eigenvalue weighted by Gasteiger charge is -2.08. The van der Waals surface area contributed by atoms with E-state index in [0.717, 1.165) is 11.4 Å². The van der Waals surface area contributed by atoms with Gasteiger partial charge in [0.2, 0.25) is 21.9 Å². The van der Waals surface area contributed by atoms with Crippen molar-refractivity contribution >= 4 is 20.2 Å². The van der Waals surface area contributed by atoms with Gasteiger partial charge in [0.15, 0.2) is 20.2 Å². The van der Waals surface area contributed by atoms with Crippen molar-refractivity contribution in [3.8, 4) is 23.3 Å². The molecule has 0 spiro atoms. The van der Waals surface area contributed by atoms with Crippen molar-refractivity contribution in [1.29, 1.82) is 0 Å². The number of hydrogen-bond donors (Lipinski definition) is 0. The Balaban J connectivity index is 0.000000277. The van der Waals surface area contributed by atoms with Crippen molar-refractivity contribution in [3.05, 3.63) is 73.1 Å². The topological polar surface area (TPSA) is 183 Å². The Bertz CT molecular complexity index is 1440. The summed E-state index contributed by atoms with van der Waals surface area (Å²) >= 11 is 0. The third-order valence-corrected chi connectivity index (χ3v) is 4.84. The molecule has 0 radical (unpaired) electrons. The normalized spacial score (nSPS) is 12.0. The molecule has 0 saturated heterocycles. The number of hydrogen-bond acceptors (Lipinski definition) is 11. The minimum Gasteiger partial charge on any atom is -0.741 e. The van der Waals surface area contributed by atoms with E-state index in [1.54, 1.807) is 21.8 Å². The second-order valence-electron chi connectivity index (χ2n) is 6.50. The van der Waals surface area contributed by atoms with Gasteiger partial charge in [-0.2, -0.15) is 26.3 Å². The molecular weight excluding hydrogens is 594 g/mol. The molecule has 13 nitrogen and oxygen atoms in total. The summed E-state index contributed by atoms with van der Waals surface area (Å²) in [5.41, 5.74) is -9.56. The highest BCUT2D eigenvalue weighted by Gasteiger charge is 2.37. The zero-order valence-electron chi connectivity index (χ0n) is 18.5. The lowest BCUT2D eigenvalue weighted by Crippen LogP contribution is -2.31.